The summed E-state index contributed by atoms with van der Waals surface area (Å²) < 4.78 is 13.2. The zero-order valence-corrected chi connectivity index (χ0v) is 18.8. The van der Waals surface area contributed by atoms with Gasteiger partial charge in [0.2, 0.25) is 0 Å². The number of hydrogen-bond acceptors (Lipinski definition) is 5. The summed E-state index contributed by atoms with van der Waals surface area (Å²) in [4.78, 5) is 0. The number of benzene rings is 1. The van der Waals surface area contributed by atoms with Crippen LogP contribution >= 0.6 is 0 Å². The monoisotopic (exact) mass is 413 g/mol. The maximum Gasteiger partial charge on any atom is 0.165 e. The molecule has 6 aliphatic rings. The Bertz CT molecular complexity index is 936. The van der Waals surface area contributed by atoms with Crippen LogP contribution in [0, 0.1) is 16.7 Å². The molecule has 0 aromatic heterocycles. The van der Waals surface area contributed by atoms with E-state index < -0.39 is 11.2 Å². The van der Waals surface area contributed by atoms with Crippen LogP contribution in [0.3, 0.4) is 0 Å². The highest BCUT2D eigenvalue weighted by Gasteiger charge is 2.81. The van der Waals surface area contributed by atoms with Crippen molar-refractivity contribution in [2.75, 3.05) is 13.7 Å². The third-order valence-electron chi connectivity index (χ3n) is 10.4. The number of aromatic hydroxyl groups is 1. The molecule has 0 radical (unpaired) electrons. The molecular weight excluding hydrogens is 378 g/mol. The predicted octanol–water partition coefficient (Wildman–Crippen LogP) is 3.29. The van der Waals surface area contributed by atoms with Gasteiger partial charge in [0, 0.05) is 35.5 Å². The van der Waals surface area contributed by atoms with Crippen LogP contribution in [-0.4, -0.2) is 47.2 Å². The van der Waals surface area contributed by atoms with Crippen molar-refractivity contribution in [2.45, 2.75) is 88.6 Å². The van der Waals surface area contributed by atoms with Crippen molar-refractivity contribution < 1.29 is 19.7 Å². The summed E-state index contributed by atoms with van der Waals surface area (Å²) in [5.41, 5.74) is 0.658. The van der Waals surface area contributed by atoms with Gasteiger partial charge in [0.05, 0.1) is 5.60 Å². The minimum Gasteiger partial charge on any atom is -0.504 e. The van der Waals surface area contributed by atoms with Gasteiger partial charge in [-0.1, -0.05) is 26.8 Å². The van der Waals surface area contributed by atoms with Crippen molar-refractivity contribution in [3.05, 3.63) is 23.3 Å². The van der Waals surface area contributed by atoms with Crippen molar-refractivity contribution in [1.82, 2.24) is 5.32 Å². The summed E-state index contributed by atoms with van der Waals surface area (Å²) in [5, 5.41) is 26.6. The topological polar surface area (TPSA) is 71.0 Å². The molecule has 7 atom stereocenters. The average Bonchev–Trinajstić information content (AvgIpc) is 3.05. The smallest absolute Gasteiger partial charge is 0.165 e. The fourth-order valence-corrected chi connectivity index (χ4v) is 8.53. The van der Waals surface area contributed by atoms with Gasteiger partial charge in [-0.2, -0.15) is 0 Å². The molecule has 2 aliphatic heterocycles. The van der Waals surface area contributed by atoms with Crippen LogP contribution in [0.15, 0.2) is 12.1 Å². The van der Waals surface area contributed by atoms with Gasteiger partial charge in [0.25, 0.3) is 0 Å². The van der Waals surface area contributed by atoms with Crippen LogP contribution in [-0.2, 0) is 16.6 Å². The van der Waals surface area contributed by atoms with E-state index in [-0.39, 0.29) is 34.0 Å². The first-order valence-electron chi connectivity index (χ1n) is 11.6. The molecular formula is C25H35NO4. The summed E-state index contributed by atoms with van der Waals surface area (Å²) in [6.07, 6.45) is 4.66. The second kappa shape index (κ2) is 5.36. The number of rotatable bonds is 2. The van der Waals surface area contributed by atoms with E-state index in [2.05, 4.69) is 32.2 Å². The van der Waals surface area contributed by atoms with Crippen LogP contribution in [0.25, 0.3) is 0 Å². The molecule has 1 aromatic rings. The van der Waals surface area contributed by atoms with E-state index in [0.29, 0.717) is 11.8 Å². The SMILES string of the molecule is CO[C@]12CC[C@@]3(C[C@H]1[C@](C)(O)C(C)(C)C)C1Cc4ccc(O)c5c4[C@@]3(CCN1)[C@H]2O5. The molecule has 3 N–H and O–H groups in total. The van der Waals surface area contributed by atoms with Gasteiger partial charge >= 0.3 is 0 Å². The van der Waals surface area contributed by atoms with E-state index in [1.807, 2.05) is 6.92 Å². The van der Waals surface area contributed by atoms with Gasteiger partial charge in [0.1, 0.15) is 11.7 Å². The van der Waals surface area contributed by atoms with Crippen LogP contribution in [0.1, 0.15) is 64.5 Å². The van der Waals surface area contributed by atoms with Crippen molar-refractivity contribution in [1.29, 1.82) is 0 Å². The molecule has 4 fully saturated rings. The highest BCUT2D eigenvalue weighted by molar-refractivity contribution is 5.63. The largest absolute Gasteiger partial charge is 0.504 e. The number of ether oxygens (including phenoxy) is 2. The summed E-state index contributed by atoms with van der Waals surface area (Å²) >= 11 is 0. The van der Waals surface area contributed by atoms with E-state index in [1.54, 1.807) is 13.2 Å². The Morgan fingerprint density at radius 2 is 1.93 bits per heavy atom. The van der Waals surface area contributed by atoms with Gasteiger partial charge < -0.3 is 25.0 Å². The van der Waals surface area contributed by atoms with Gasteiger partial charge in [0.15, 0.2) is 11.5 Å². The zero-order chi connectivity index (χ0) is 21.3. The third-order valence-corrected chi connectivity index (χ3v) is 10.4. The molecule has 7 rings (SSSR count). The van der Waals surface area contributed by atoms with E-state index in [4.69, 9.17) is 9.47 Å². The minimum atomic E-state index is -0.910. The molecule has 164 valence electrons. The van der Waals surface area contributed by atoms with E-state index in [9.17, 15) is 10.2 Å². The standard InChI is InChI=1S/C25H35NO4/c1-21(2,3)22(4,28)16-13-23-8-9-25(16,29-5)20-24(23)10-11-26-17(23)12-14-6-7-15(27)19(30-20)18(14)24/h6-7,16-17,20,26-28H,8-13H2,1-5H3/t16-,17?,20+,22-,23+,24-,25+/m0/s1. The van der Waals surface area contributed by atoms with Gasteiger partial charge in [-0.15, -0.1) is 0 Å². The highest BCUT2D eigenvalue weighted by Crippen LogP contribution is 2.77. The first-order chi connectivity index (χ1) is 14.1. The molecule has 5 nitrogen and oxygen atoms in total. The molecule has 1 saturated heterocycles. The minimum absolute atomic E-state index is 0.0160. The van der Waals surface area contributed by atoms with Crippen LogP contribution in [0.5, 0.6) is 11.5 Å². The maximum absolute atomic E-state index is 12.0. The molecule has 0 amide bonds. The maximum atomic E-state index is 12.0. The number of fused-ring (bicyclic) bond motifs is 2. The Balaban J connectivity index is 1.65. The Kier molecular flexibility index (Phi) is 3.46. The molecule has 1 aromatic carbocycles. The lowest BCUT2D eigenvalue weighted by atomic mass is 9.33. The van der Waals surface area contributed by atoms with Crippen LogP contribution in [0.2, 0.25) is 0 Å². The molecule has 2 spiro atoms. The summed E-state index contributed by atoms with van der Waals surface area (Å²) in [6.45, 7) is 9.33. The van der Waals surface area contributed by atoms with Crippen molar-refractivity contribution in [3.8, 4) is 11.5 Å². The van der Waals surface area contributed by atoms with Gasteiger partial charge in [-0.3, -0.25) is 0 Å². The van der Waals surface area contributed by atoms with Gasteiger partial charge in [-0.25, -0.2) is 0 Å². The summed E-state index contributed by atoms with van der Waals surface area (Å²) in [7, 11) is 1.80. The number of methoxy groups -OCH3 is 1. The Hall–Kier alpha value is -1.30. The number of piperidine rings is 1. The summed E-state index contributed by atoms with van der Waals surface area (Å²) in [6, 6.07) is 4.26. The average molecular weight is 414 g/mol. The lowest BCUT2D eigenvalue weighted by Gasteiger charge is -2.74. The number of phenolic OH excluding ortho intramolecular Hbond substituents is 1. The van der Waals surface area contributed by atoms with E-state index in [0.717, 1.165) is 38.6 Å². The van der Waals surface area contributed by atoms with Crippen molar-refractivity contribution in [3.63, 3.8) is 0 Å². The quantitative estimate of drug-likeness (QED) is 0.694. The number of phenols is 1. The Labute approximate surface area is 179 Å². The highest BCUT2D eigenvalue weighted by atomic mass is 16.6. The molecule has 30 heavy (non-hydrogen) atoms. The molecule has 4 bridgehead atoms. The second-order valence-corrected chi connectivity index (χ2v) is 11.8. The normalized spacial score (nSPS) is 44.9. The van der Waals surface area contributed by atoms with Crippen molar-refractivity contribution in [2.24, 2.45) is 16.7 Å². The predicted molar refractivity (Wildman–Crippen MR) is 114 cm³/mol. The Morgan fingerprint density at radius 1 is 1.17 bits per heavy atom. The fraction of sp³-hybridized carbons (Fsp3) is 0.760. The van der Waals surface area contributed by atoms with Gasteiger partial charge in [-0.05, 0) is 62.6 Å². The summed E-state index contributed by atoms with van der Waals surface area (Å²) in [5.74, 6) is 0.887. The molecule has 4 aliphatic carbocycles. The van der Waals surface area contributed by atoms with E-state index >= 15 is 0 Å². The molecule has 1 unspecified atom stereocenters. The number of aliphatic hydroxyl groups is 1. The number of hydrogen-bond donors (Lipinski definition) is 3. The first-order valence-corrected chi connectivity index (χ1v) is 11.6. The molecule has 5 heteroatoms. The lowest BCUT2D eigenvalue weighted by Crippen LogP contribution is -2.83. The first kappa shape index (κ1) is 19.4. The fourth-order valence-electron chi connectivity index (χ4n) is 8.53. The van der Waals surface area contributed by atoms with Crippen LogP contribution < -0.4 is 10.1 Å². The van der Waals surface area contributed by atoms with Crippen LogP contribution in [0.4, 0.5) is 0 Å². The number of nitrogens with one attached hydrogen (secondary N) is 1. The zero-order valence-electron chi connectivity index (χ0n) is 18.8. The van der Waals surface area contributed by atoms with E-state index in [1.165, 1.54) is 11.1 Å². The lowest BCUT2D eigenvalue weighted by molar-refractivity contribution is -0.303. The molecule has 3 saturated carbocycles. The second-order valence-electron chi connectivity index (χ2n) is 11.8. The van der Waals surface area contributed by atoms with Crippen molar-refractivity contribution >= 4 is 0 Å². The Morgan fingerprint density at radius 3 is 2.63 bits per heavy atom. The molecule has 2 heterocycles. The third kappa shape index (κ3) is 1.77.